The van der Waals surface area contributed by atoms with Gasteiger partial charge in [0.1, 0.15) is 0 Å². The summed E-state index contributed by atoms with van der Waals surface area (Å²) in [6.07, 6.45) is 2.60. The maximum atomic E-state index is 10.9. The molecule has 3 heteroatoms. The number of nitrogens with two attached hydrogens (primary N) is 1. The summed E-state index contributed by atoms with van der Waals surface area (Å²) >= 11 is 0. The van der Waals surface area contributed by atoms with E-state index in [1.165, 1.54) is 7.11 Å². The van der Waals surface area contributed by atoms with Gasteiger partial charge >= 0.3 is 5.97 Å². The van der Waals surface area contributed by atoms with Gasteiger partial charge in [0.05, 0.1) is 12.7 Å². The minimum Gasteiger partial charge on any atom is -0.466 e. The molecule has 0 saturated carbocycles. The lowest BCUT2D eigenvalue weighted by Crippen LogP contribution is -2.07. The molecule has 0 aromatic heterocycles. The Morgan fingerprint density at radius 3 is 2.33 bits per heavy atom. The maximum absolute atomic E-state index is 10.9. The van der Waals surface area contributed by atoms with Crippen molar-refractivity contribution in [3.63, 3.8) is 0 Å². The highest BCUT2D eigenvalue weighted by molar-refractivity contribution is 5.89. The molecule has 0 aromatic carbocycles. The second-order valence-electron chi connectivity index (χ2n) is 2.35. The zero-order valence-electron chi connectivity index (χ0n) is 8.02. The van der Waals surface area contributed by atoms with Crippen molar-refractivity contribution in [3.8, 4) is 0 Å². The normalized spacial score (nSPS) is 15.2. The van der Waals surface area contributed by atoms with Crippen LogP contribution in [-0.4, -0.2) is 13.1 Å². The van der Waals surface area contributed by atoms with Gasteiger partial charge in [-0.3, -0.25) is 0 Å². The Bertz CT molecular complexity index is 185. The third kappa shape index (κ3) is 2.57. The molecule has 0 amide bonds. The van der Waals surface area contributed by atoms with Gasteiger partial charge in [0.25, 0.3) is 0 Å². The number of carbonyl (C=O) groups excluding carboxylic acids is 1. The molecule has 0 bridgehead atoms. The van der Waals surface area contributed by atoms with Gasteiger partial charge in [-0.2, -0.15) is 0 Å². The van der Waals surface area contributed by atoms with Crippen LogP contribution in [0.5, 0.6) is 0 Å². The zero-order valence-corrected chi connectivity index (χ0v) is 8.02. The molecule has 2 N–H and O–H groups in total. The highest BCUT2D eigenvalue weighted by Gasteiger charge is 2.18. The summed E-state index contributed by atoms with van der Waals surface area (Å²) in [7, 11) is 1.38. The molecular weight excluding hydrogens is 154 g/mol. The van der Waals surface area contributed by atoms with E-state index >= 15 is 0 Å². The van der Waals surface area contributed by atoms with E-state index < -0.39 is 0 Å². The van der Waals surface area contributed by atoms with Gasteiger partial charge < -0.3 is 10.5 Å². The van der Waals surface area contributed by atoms with Gasteiger partial charge in [0, 0.05) is 5.70 Å². The van der Waals surface area contributed by atoms with E-state index in [4.69, 9.17) is 5.73 Å². The number of ether oxygens (including phenoxy) is 1. The fourth-order valence-electron chi connectivity index (χ4n) is 1.12. The Morgan fingerprint density at radius 2 is 2.00 bits per heavy atom. The van der Waals surface area contributed by atoms with Crippen molar-refractivity contribution in [1.29, 1.82) is 0 Å². The summed E-state index contributed by atoms with van der Waals surface area (Å²) in [5, 5.41) is 0. The number of methoxy groups -OCH3 is 1. The number of esters is 1. The quantitative estimate of drug-likeness (QED) is 0.609. The van der Waals surface area contributed by atoms with Crippen LogP contribution in [0.25, 0.3) is 0 Å². The molecule has 0 heterocycles. The summed E-state index contributed by atoms with van der Waals surface area (Å²) in [6, 6.07) is 0. The van der Waals surface area contributed by atoms with Crippen molar-refractivity contribution < 1.29 is 9.53 Å². The second-order valence-corrected chi connectivity index (χ2v) is 2.35. The minimum absolute atomic E-state index is 0.269. The van der Waals surface area contributed by atoms with Crippen LogP contribution in [0.1, 0.15) is 33.1 Å². The zero-order chi connectivity index (χ0) is 9.56. The lowest BCUT2D eigenvalue weighted by Gasteiger charge is -1.98. The van der Waals surface area contributed by atoms with Gasteiger partial charge in [-0.25, -0.2) is 4.79 Å². The number of hydrogen-bond acceptors (Lipinski definition) is 3. The van der Waals surface area contributed by atoms with Crippen LogP contribution in [0.4, 0.5) is 0 Å². The molecule has 0 fully saturated rings. The Morgan fingerprint density at radius 1 is 1.42 bits per heavy atom. The fraction of sp³-hybridized carbons (Fsp3) is 0.667. The molecule has 0 unspecified atom stereocenters. The summed E-state index contributed by atoms with van der Waals surface area (Å²) in [6.45, 7) is 4.00. The van der Waals surface area contributed by atoms with Gasteiger partial charge in [-0.05, 0) is 19.3 Å². The first-order valence-corrected chi connectivity index (χ1v) is 4.31. The average molecular weight is 171 g/mol. The van der Waals surface area contributed by atoms with Crippen molar-refractivity contribution in [1.82, 2.24) is 0 Å². The highest BCUT2D eigenvalue weighted by Crippen LogP contribution is 2.22. The SMILES string of the molecule is CC.COC(=O)C1=C(N)CCC1. The van der Waals surface area contributed by atoms with E-state index in [2.05, 4.69) is 4.74 Å². The number of allylic oxidation sites excluding steroid dienone is 1. The van der Waals surface area contributed by atoms with Gasteiger partial charge in [0.15, 0.2) is 0 Å². The average Bonchev–Trinajstić information content (AvgIpc) is 2.54. The van der Waals surface area contributed by atoms with Gasteiger partial charge in [0.2, 0.25) is 0 Å². The molecule has 70 valence electrons. The molecule has 0 aliphatic heterocycles. The Kier molecular flexibility index (Phi) is 5.17. The van der Waals surface area contributed by atoms with Crippen LogP contribution >= 0.6 is 0 Å². The third-order valence-electron chi connectivity index (χ3n) is 1.69. The maximum Gasteiger partial charge on any atom is 0.335 e. The van der Waals surface area contributed by atoms with E-state index in [9.17, 15) is 4.79 Å². The van der Waals surface area contributed by atoms with E-state index in [1.54, 1.807) is 0 Å². The summed E-state index contributed by atoms with van der Waals surface area (Å²) in [5.74, 6) is -0.269. The molecule has 0 radical (unpaired) electrons. The fourth-order valence-corrected chi connectivity index (χ4v) is 1.12. The molecule has 1 aliphatic rings. The lowest BCUT2D eigenvalue weighted by molar-refractivity contribution is -0.136. The Balaban J connectivity index is 0.000000561. The Hall–Kier alpha value is -0.990. The molecule has 0 saturated heterocycles. The smallest absolute Gasteiger partial charge is 0.335 e. The topological polar surface area (TPSA) is 52.3 Å². The van der Waals surface area contributed by atoms with Crippen LogP contribution in [-0.2, 0) is 9.53 Å². The molecule has 12 heavy (non-hydrogen) atoms. The predicted molar refractivity (Wildman–Crippen MR) is 48.4 cm³/mol. The third-order valence-corrected chi connectivity index (χ3v) is 1.69. The first kappa shape index (κ1) is 11.0. The van der Waals surface area contributed by atoms with Crippen LogP contribution in [0.2, 0.25) is 0 Å². The summed E-state index contributed by atoms with van der Waals surface area (Å²) in [5.41, 5.74) is 6.90. The van der Waals surface area contributed by atoms with Gasteiger partial charge in [-0.15, -0.1) is 0 Å². The highest BCUT2D eigenvalue weighted by atomic mass is 16.5. The number of carbonyl (C=O) groups is 1. The standard InChI is InChI=1S/C7H11NO2.C2H6/c1-10-7(9)5-3-2-4-6(5)8;1-2/h2-4,8H2,1H3;1-2H3. The first-order chi connectivity index (χ1) is 5.75. The van der Waals surface area contributed by atoms with Crippen LogP contribution in [0, 0.1) is 0 Å². The van der Waals surface area contributed by atoms with E-state index in [0.717, 1.165) is 19.3 Å². The largest absolute Gasteiger partial charge is 0.466 e. The molecule has 1 rings (SSSR count). The molecule has 0 atom stereocenters. The van der Waals surface area contributed by atoms with Crippen molar-refractivity contribution in [3.05, 3.63) is 11.3 Å². The molecule has 0 aromatic rings. The van der Waals surface area contributed by atoms with Gasteiger partial charge in [-0.1, -0.05) is 13.8 Å². The Labute approximate surface area is 73.6 Å². The molecular formula is C9H17NO2. The van der Waals surface area contributed by atoms with Crippen LogP contribution in [0.3, 0.4) is 0 Å². The van der Waals surface area contributed by atoms with E-state index in [-0.39, 0.29) is 5.97 Å². The second kappa shape index (κ2) is 5.63. The van der Waals surface area contributed by atoms with Crippen molar-refractivity contribution >= 4 is 5.97 Å². The van der Waals surface area contributed by atoms with Crippen molar-refractivity contribution in [2.75, 3.05) is 7.11 Å². The van der Waals surface area contributed by atoms with Crippen LogP contribution in [0.15, 0.2) is 11.3 Å². The molecule has 3 nitrogen and oxygen atoms in total. The first-order valence-electron chi connectivity index (χ1n) is 4.31. The predicted octanol–water partition coefficient (Wildman–Crippen LogP) is 1.58. The summed E-state index contributed by atoms with van der Waals surface area (Å²) in [4.78, 5) is 10.9. The minimum atomic E-state index is -0.269. The van der Waals surface area contributed by atoms with E-state index in [1.807, 2.05) is 13.8 Å². The molecule has 1 aliphatic carbocycles. The lowest BCUT2D eigenvalue weighted by atomic mass is 10.2. The van der Waals surface area contributed by atoms with Crippen molar-refractivity contribution in [2.24, 2.45) is 5.73 Å². The molecule has 0 spiro atoms. The summed E-state index contributed by atoms with van der Waals surface area (Å²) < 4.78 is 4.53. The van der Waals surface area contributed by atoms with Crippen LogP contribution < -0.4 is 5.73 Å². The number of rotatable bonds is 1. The van der Waals surface area contributed by atoms with E-state index in [0.29, 0.717) is 11.3 Å². The monoisotopic (exact) mass is 171 g/mol. The van der Waals surface area contributed by atoms with Crippen molar-refractivity contribution in [2.45, 2.75) is 33.1 Å². The number of hydrogen-bond donors (Lipinski definition) is 1.